The highest BCUT2D eigenvalue weighted by molar-refractivity contribution is 5.41. The Balaban J connectivity index is 2.21. The summed E-state index contributed by atoms with van der Waals surface area (Å²) in [4.78, 5) is 6.85. The number of anilines is 1. The quantitative estimate of drug-likeness (QED) is 0.766. The molecule has 2 rings (SSSR count). The van der Waals surface area contributed by atoms with Crippen molar-refractivity contribution in [2.45, 2.75) is 25.8 Å². The van der Waals surface area contributed by atoms with E-state index in [0.717, 1.165) is 24.6 Å². The van der Waals surface area contributed by atoms with E-state index in [1.165, 1.54) is 12.8 Å². The zero-order chi connectivity index (χ0) is 9.97. The maximum atomic E-state index is 5.73. The molecule has 76 valence electrons. The van der Waals surface area contributed by atoms with Gasteiger partial charge < -0.3 is 10.6 Å². The molecule has 1 saturated heterocycles. The average Bonchev–Trinajstić information content (AvgIpc) is 2.65. The van der Waals surface area contributed by atoms with Crippen LogP contribution in [0.1, 0.15) is 18.5 Å². The minimum Gasteiger partial charge on any atom is -0.352 e. The van der Waals surface area contributed by atoms with Crippen LogP contribution in [0.3, 0.4) is 0 Å². The van der Waals surface area contributed by atoms with E-state index in [1.807, 2.05) is 13.0 Å². The molecule has 1 fully saturated rings. The number of rotatable bonds is 2. The van der Waals surface area contributed by atoms with Gasteiger partial charge in [0, 0.05) is 24.8 Å². The van der Waals surface area contributed by atoms with Crippen molar-refractivity contribution < 1.29 is 0 Å². The Labute approximate surface area is 84.9 Å². The van der Waals surface area contributed by atoms with Crippen LogP contribution in [0, 0.1) is 6.92 Å². The Morgan fingerprint density at radius 3 is 3.14 bits per heavy atom. The molecule has 3 nitrogen and oxygen atoms in total. The van der Waals surface area contributed by atoms with Crippen molar-refractivity contribution in [3.63, 3.8) is 0 Å². The fraction of sp³-hybridized carbons (Fsp3) is 0.545. The molecule has 0 amide bonds. The Morgan fingerprint density at radius 1 is 1.57 bits per heavy atom. The first kappa shape index (κ1) is 9.46. The fourth-order valence-electron chi connectivity index (χ4n) is 2.07. The summed E-state index contributed by atoms with van der Waals surface area (Å²) in [6.45, 7) is 3.85. The molecular formula is C11H17N3. The zero-order valence-electron chi connectivity index (χ0n) is 8.61. The van der Waals surface area contributed by atoms with Gasteiger partial charge in [0.1, 0.15) is 5.82 Å². The number of nitrogens with zero attached hydrogens (tertiary/aromatic N) is 2. The van der Waals surface area contributed by atoms with Crippen LogP contribution >= 0.6 is 0 Å². The fourth-order valence-corrected chi connectivity index (χ4v) is 2.07. The Morgan fingerprint density at radius 2 is 2.43 bits per heavy atom. The van der Waals surface area contributed by atoms with Gasteiger partial charge in [-0.3, -0.25) is 0 Å². The van der Waals surface area contributed by atoms with Crippen LogP contribution in [0.4, 0.5) is 5.82 Å². The summed E-state index contributed by atoms with van der Waals surface area (Å²) in [7, 11) is 0. The van der Waals surface area contributed by atoms with Gasteiger partial charge in [0.25, 0.3) is 0 Å². The lowest BCUT2D eigenvalue weighted by molar-refractivity contribution is 0.671. The molecule has 1 unspecified atom stereocenters. The molecule has 2 heterocycles. The molecule has 0 radical (unpaired) electrons. The van der Waals surface area contributed by atoms with Crippen molar-refractivity contribution in [2.24, 2.45) is 5.73 Å². The molecule has 0 aliphatic carbocycles. The van der Waals surface area contributed by atoms with Crippen LogP contribution in [0.15, 0.2) is 18.2 Å². The van der Waals surface area contributed by atoms with Gasteiger partial charge in [0.05, 0.1) is 0 Å². The number of aromatic nitrogens is 1. The van der Waals surface area contributed by atoms with Crippen LogP contribution in [0.25, 0.3) is 0 Å². The summed E-state index contributed by atoms with van der Waals surface area (Å²) in [6, 6.07) is 6.64. The minimum atomic E-state index is 0.490. The standard InChI is InChI=1S/C11H17N3/c1-9-4-2-6-11(13-9)14-7-3-5-10(14)8-12/h2,4,6,10H,3,5,7-8,12H2,1H3. The number of hydrogen-bond acceptors (Lipinski definition) is 3. The normalized spacial score (nSPS) is 21.6. The summed E-state index contributed by atoms with van der Waals surface area (Å²) in [6.07, 6.45) is 2.43. The predicted molar refractivity (Wildman–Crippen MR) is 58.4 cm³/mol. The summed E-state index contributed by atoms with van der Waals surface area (Å²) in [5.41, 5.74) is 6.80. The Kier molecular flexibility index (Phi) is 2.68. The molecule has 0 bridgehead atoms. The molecule has 2 N–H and O–H groups in total. The summed E-state index contributed by atoms with van der Waals surface area (Å²) >= 11 is 0. The van der Waals surface area contributed by atoms with Crippen molar-refractivity contribution in [1.29, 1.82) is 0 Å². The van der Waals surface area contributed by atoms with Crippen LogP contribution in [-0.2, 0) is 0 Å². The molecule has 1 aromatic heterocycles. The smallest absolute Gasteiger partial charge is 0.129 e. The second kappa shape index (κ2) is 3.96. The van der Waals surface area contributed by atoms with E-state index in [4.69, 9.17) is 5.73 Å². The third-order valence-corrected chi connectivity index (χ3v) is 2.82. The van der Waals surface area contributed by atoms with Gasteiger partial charge >= 0.3 is 0 Å². The Bertz CT molecular complexity index is 311. The molecule has 14 heavy (non-hydrogen) atoms. The number of hydrogen-bond donors (Lipinski definition) is 1. The highest BCUT2D eigenvalue weighted by atomic mass is 15.2. The molecule has 1 aliphatic rings. The third kappa shape index (κ3) is 1.73. The second-order valence-electron chi connectivity index (χ2n) is 3.86. The number of aryl methyl sites for hydroxylation is 1. The van der Waals surface area contributed by atoms with E-state index in [1.54, 1.807) is 0 Å². The second-order valence-corrected chi connectivity index (χ2v) is 3.86. The first-order valence-corrected chi connectivity index (χ1v) is 5.21. The molecule has 1 atom stereocenters. The van der Waals surface area contributed by atoms with Crippen molar-refractivity contribution in [1.82, 2.24) is 4.98 Å². The molecule has 3 heteroatoms. The van der Waals surface area contributed by atoms with E-state index in [0.29, 0.717) is 6.04 Å². The van der Waals surface area contributed by atoms with Crippen LogP contribution in [-0.4, -0.2) is 24.1 Å². The van der Waals surface area contributed by atoms with E-state index >= 15 is 0 Å². The summed E-state index contributed by atoms with van der Waals surface area (Å²) in [5.74, 6) is 1.08. The van der Waals surface area contributed by atoms with Gasteiger partial charge in [0.2, 0.25) is 0 Å². The van der Waals surface area contributed by atoms with Crippen LogP contribution < -0.4 is 10.6 Å². The van der Waals surface area contributed by atoms with Crippen LogP contribution in [0.5, 0.6) is 0 Å². The molecule has 0 spiro atoms. The van der Waals surface area contributed by atoms with E-state index in [9.17, 15) is 0 Å². The first-order chi connectivity index (χ1) is 6.81. The Hall–Kier alpha value is -1.09. The lowest BCUT2D eigenvalue weighted by Gasteiger charge is -2.24. The van der Waals surface area contributed by atoms with Gasteiger partial charge in [-0.15, -0.1) is 0 Å². The first-order valence-electron chi connectivity index (χ1n) is 5.21. The van der Waals surface area contributed by atoms with E-state index < -0.39 is 0 Å². The van der Waals surface area contributed by atoms with Gasteiger partial charge in [0.15, 0.2) is 0 Å². The van der Waals surface area contributed by atoms with Crippen molar-refractivity contribution in [2.75, 3.05) is 18.0 Å². The highest BCUT2D eigenvalue weighted by Gasteiger charge is 2.23. The maximum absolute atomic E-state index is 5.73. The lowest BCUT2D eigenvalue weighted by Crippen LogP contribution is -2.35. The van der Waals surface area contributed by atoms with Crippen molar-refractivity contribution in [3.8, 4) is 0 Å². The third-order valence-electron chi connectivity index (χ3n) is 2.82. The predicted octanol–water partition coefficient (Wildman–Crippen LogP) is 1.32. The molecule has 0 saturated carbocycles. The highest BCUT2D eigenvalue weighted by Crippen LogP contribution is 2.22. The van der Waals surface area contributed by atoms with E-state index in [-0.39, 0.29) is 0 Å². The van der Waals surface area contributed by atoms with Gasteiger partial charge in [-0.1, -0.05) is 6.07 Å². The molecule has 0 aromatic carbocycles. The molecular weight excluding hydrogens is 174 g/mol. The summed E-state index contributed by atoms with van der Waals surface area (Å²) < 4.78 is 0. The van der Waals surface area contributed by atoms with E-state index in [2.05, 4.69) is 22.0 Å². The molecule has 1 aliphatic heterocycles. The van der Waals surface area contributed by atoms with Crippen molar-refractivity contribution in [3.05, 3.63) is 23.9 Å². The summed E-state index contributed by atoms with van der Waals surface area (Å²) in [5, 5.41) is 0. The maximum Gasteiger partial charge on any atom is 0.129 e. The van der Waals surface area contributed by atoms with Crippen LogP contribution in [0.2, 0.25) is 0 Å². The zero-order valence-corrected chi connectivity index (χ0v) is 8.61. The topological polar surface area (TPSA) is 42.1 Å². The SMILES string of the molecule is Cc1cccc(N2CCCC2CN)n1. The largest absolute Gasteiger partial charge is 0.352 e. The minimum absolute atomic E-state index is 0.490. The number of pyridine rings is 1. The molecule has 1 aromatic rings. The van der Waals surface area contributed by atoms with Gasteiger partial charge in [-0.25, -0.2) is 4.98 Å². The number of nitrogens with two attached hydrogens (primary N) is 1. The van der Waals surface area contributed by atoms with Crippen molar-refractivity contribution >= 4 is 5.82 Å². The lowest BCUT2D eigenvalue weighted by atomic mass is 10.2. The average molecular weight is 191 g/mol. The van der Waals surface area contributed by atoms with Gasteiger partial charge in [-0.05, 0) is 31.9 Å². The monoisotopic (exact) mass is 191 g/mol. The van der Waals surface area contributed by atoms with Gasteiger partial charge in [-0.2, -0.15) is 0 Å².